The highest BCUT2D eigenvalue weighted by Crippen LogP contribution is 2.50. The van der Waals surface area contributed by atoms with Gasteiger partial charge in [0.2, 0.25) is 5.91 Å². The Morgan fingerprint density at radius 2 is 1.75 bits per heavy atom. The number of anilines is 3. The molecule has 2 aromatic heterocycles. The molecule has 0 radical (unpaired) electrons. The van der Waals surface area contributed by atoms with Gasteiger partial charge in [0.25, 0.3) is 6.43 Å². The van der Waals surface area contributed by atoms with Crippen LogP contribution >= 0.6 is 0 Å². The summed E-state index contributed by atoms with van der Waals surface area (Å²) in [6.07, 6.45) is 8.13. The molecule has 1 saturated carbocycles. The summed E-state index contributed by atoms with van der Waals surface area (Å²) in [4.78, 5) is 32.7. The number of hydrazone groups is 1. The molecule has 15 heteroatoms. The summed E-state index contributed by atoms with van der Waals surface area (Å²) in [7, 11) is 1.87. The topological polar surface area (TPSA) is 127 Å². The molecule has 1 aliphatic carbocycles. The van der Waals surface area contributed by atoms with E-state index in [-0.39, 0.29) is 29.1 Å². The summed E-state index contributed by atoms with van der Waals surface area (Å²) < 4.78 is 31.7. The van der Waals surface area contributed by atoms with Crippen molar-refractivity contribution >= 4 is 35.4 Å². The number of benzene rings is 1. The van der Waals surface area contributed by atoms with Crippen LogP contribution < -0.4 is 9.80 Å². The van der Waals surface area contributed by atoms with Crippen LogP contribution in [0.3, 0.4) is 0 Å². The van der Waals surface area contributed by atoms with Gasteiger partial charge in [-0.05, 0) is 86.1 Å². The van der Waals surface area contributed by atoms with E-state index in [1.54, 1.807) is 30.3 Å². The number of likely N-dealkylation sites (tertiary alicyclic amines) is 1. The number of amides is 1. The Morgan fingerprint density at radius 1 is 0.964 bits per heavy atom. The van der Waals surface area contributed by atoms with Gasteiger partial charge in [0.1, 0.15) is 0 Å². The Balaban J connectivity index is 0.901. The van der Waals surface area contributed by atoms with E-state index in [0.29, 0.717) is 43.2 Å². The molecule has 2 saturated heterocycles. The third-order valence-corrected chi connectivity index (χ3v) is 13.3. The summed E-state index contributed by atoms with van der Waals surface area (Å²) >= 11 is 0. The first-order valence-electron chi connectivity index (χ1n) is 20.0. The van der Waals surface area contributed by atoms with Crippen LogP contribution in [0.25, 0.3) is 0 Å². The number of hydrogen-bond donors (Lipinski definition) is 1. The number of nitrogens with zero attached hydrogens (tertiary/aromatic N) is 10. The monoisotopic (exact) mass is 756 g/mol. The molecule has 5 aliphatic heterocycles. The Bertz CT molecular complexity index is 1980. The Morgan fingerprint density at radius 3 is 2.40 bits per heavy atom. The maximum atomic E-state index is 14.7. The van der Waals surface area contributed by atoms with E-state index >= 15 is 0 Å². The summed E-state index contributed by atoms with van der Waals surface area (Å²) in [6.45, 7) is 8.05. The largest absolute Gasteiger partial charge is 0.476 e. The normalized spacial score (nSPS) is 23.0. The van der Waals surface area contributed by atoms with Gasteiger partial charge in [0, 0.05) is 107 Å². The van der Waals surface area contributed by atoms with Gasteiger partial charge in [-0.25, -0.2) is 13.6 Å². The van der Waals surface area contributed by atoms with Crippen LogP contribution in [0.2, 0.25) is 0 Å². The highest BCUT2D eigenvalue weighted by atomic mass is 19.3. The highest BCUT2D eigenvalue weighted by Gasteiger charge is 2.48. The number of halogens is 2. The smallest absolute Gasteiger partial charge is 0.356 e. The van der Waals surface area contributed by atoms with Gasteiger partial charge in [-0.15, -0.1) is 10.2 Å². The molecule has 0 bridgehead atoms. The Labute approximate surface area is 319 Å². The van der Waals surface area contributed by atoms with E-state index in [4.69, 9.17) is 10.2 Å². The minimum atomic E-state index is -2.60. The number of aromatic carboxylic acids is 1. The lowest BCUT2D eigenvalue weighted by atomic mass is 9.66. The van der Waals surface area contributed by atoms with Crippen molar-refractivity contribution in [3.05, 3.63) is 57.9 Å². The fourth-order valence-electron chi connectivity index (χ4n) is 10.3. The second-order valence-corrected chi connectivity index (χ2v) is 16.7. The average Bonchev–Trinajstić information content (AvgIpc) is 3.79. The second kappa shape index (κ2) is 14.1. The number of fused-ring (bicyclic) bond motifs is 2. The molecule has 1 atom stereocenters. The van der Waals surface area contributed by atoms with Gasteiger partial charge < -0.3 is 19.8 Å². The molecule has 3 fully saturated rings. The first-order valence-corrected chi connectivity index (χ1v) is 20.0. The lowest BCUT2D eigenvalue weighted by Crippen LogP contribution is -2.62. The molecule has 7 heterocycles. The van der Waals surface area contributed by atoms with Crippen molar-refractivity contribution < 1.29 is 23.5 Å². The van der Waals surface area contributed by atoms with Crippen LogP contribution in [-0.2, 0) is 24.2 Å². The fourth-order valence-corrected chi connectivity index (χ4v) is 10.3. The molecule has 13 nitrogen and oxygen atoms in total. The number of rotatable bonds is 7. The van der Waals surface area contributed by atoms with Crippen LogP contribution in [0.4, 0.5) is 26.1 Å². The lowest BCUT2D eigenvalue weighted by molar-refractivity contribution is -0.129. The lowest BCUT2D eigenvalue weighted by Gasteiger charge is -2.57. The third-order valence-electron chi connectivity index (χ3n) is 13.3. The molecule has 292 valence electrons. The summed E-state index contributed by atoms with van der Waals surface area (Å²) in [5, 5.41) is 28.7. The maximum absolute atomic E-state index is 14.7. The number of carboxylic acids is 1. The number of carbonyl (C=O) groups excluding carboxylic acids is 1. The zero-order chi connectivity index (χ0) is 38.0. The number of piperidine rings is 1. The third kappa shape index (κ3) is 6.61. The van der Waals surface area contributed by atoms with Gasteiger partial charge in [-0.3, -0.25) is 19.4 Å². The van der Waals surface area contributed by atoms with Crippen LogP contribution in [0.1, 0.15) is 109 Å². The van der Waals surface area contributed by atoms with Gasteiger partial charge in [0.15, 0.2) is 17.3 Å². The number of aromatic nitrogens is 4. The van der Waals surface area contributed by atoms with E-state index in [2.05, 4.69) is 34.7 Å². The molecule has 1 amide bonds. The van der Waals surface area contributed by atoms with Crippen LogP contribution in [-0.4, -0.2) is 117 Å². The van der Waals surface area contributed by atoms with Crippen molar-refractivity contribution in [1.82, 2.24) is 34.8 Å². The molecule has 6 aliphatic rings. The molecular weight excluding hydrogens is 707 g/mol. The maximum Gasteiger partial charge on any atom is 0.356 e. The van der Waals surface area contributed by atoms with Crippen LogP contribution in [0.15, 0.2) is 29.4 Å². The first kappa shape index (κ1) is 36.0. The van der Waals surface area contributed by atoms with E-state index in [9.17, 15) is 18.4 Å². The molecule has 1 N–H and O–H groups in total. The van der Waals surface area contributed by atoms with Crippen molar-refractivity contribution in [2.24, 2.45) is 10.5 Å². The van der Waals surface area contributed by atoms with Crippen molar-refractivity contribution in [2.45, 2.75) is 95.7 Å². The Kier molecular flexibility index (Phi) is 9.25. The fraction of sp³-hybridized carbons (Fsp3) is 0.600. The van der Waals surface area contributed by atoms with E-state index in [1.165, 1.54) is 11.8 Å². The summed E-state index contributed by atoms with van der Waals surface area (Å²) in [5.74, 6) is 0.367. The predicted octanol–water partition coefficient (Wildman–Crippen LogP) is 5.40. The number of likely N-dealkylation sites (N-methyl/N-ethyl adjacent to an activating group) is 1. The molecule has 9 rings (SSSR count). The number of carboxylic acid groups (broad SMARTS) is 1. The number of carbonyl (C=O) groups is 2. The average molecular weight is 757 g/mol. The van der Waals surface area contributed by atoms with Gasteiger partial charge >= 0.3 is 5.97 Å². The predicted molar refractivity (Wildman–Crippen MR) is 203 cm³/mol. The highest BCUT2D eigenvalue weighted by molar-refractivity contribution is 5.85. The van der Waals surface area contributed by atoms with Crippen molar-refractivity contribution in [2.75, 3.05) is 62.7 Å². The number of alkyl halides is 2. The van der Waals surface area contributed by atoms with Crippen molar-refractivity contribution in [3.63, 3.8) is 0 Å². The molecular formula is C40H50F2N10O3. The minimum Gasteiger partial charge on any atom is -0.476 e. The van der Waals surface area contributed by atoms with Gasteiger partial charge in [-0.1, -0.05) is 6.07 Å². The molecule has 3 aromatic rings. The molecule has 1 unspecified atom stereocenters. The zero-order valence-corrected chi connectivity index (χ0v) is 31.7. The number of aryl methyl sites for hydroxylation is 1. The molecule has 1 aromatic carbocycles. The molecule has 1 spiro atoms. The SMILES string of the molecule is CC(=O)N1CCc2c(c(N3CCCc4cc(C5C=NN(C)C5)c(C(F)F)cc43)nn2C2CCC3(CC2)CN(C2CCN(c4ccc(C(=O)O)nn4)CC2)C3)C1. The Hall–Kier alpha value is -4.66. The summed E-state index contributed by atoms with van der Waals surface area (Å²) in [6, 6.07) is 7.78. The standard InChI is InChI=1S/C40H50F2N10O3/c1-25(53)49-17-11-34-32(22-49)38(51-14-3-4-26-18-30(27-20-43-47(2)21-27)31(37(41)42)19-35(26)51)46-52(34)29-7-12-40(13-8-29)23-50(24-40)28-9-15-48(16-10-28)36-6-5-33(39(54)55)44-45-36/h5-6,18-20,27-29,37H,3-4,7-17,21-24H2,1-2H3,(H,54,55). The van der Waals surface area contributed by atoms with Gasteiger partial charge in [0.05, 0.1) is 12.6 Å². The summed E-state index contributed by atoms with van der Waals surface area (Å²) in [5.41, 5.74) is 5.16. The minimum absolute atomic E-state index is 0.0390. The van der Waals surface area contributed by atoms with Crippen LogP contribution in [0, 0.1) is 5.41 Å². The first-order chi connectivity index (χ1) is 26.6. The van der Waals surface area contributed by atoms with E-state index in [0.717, 1.165) is 112 Å². The second-order valence-electron chi connectivity index (χ2n) is 16.7. The van der Waals surface area contributed by atoms with E-state index < -0.39 is 12.4 Å². The quantitative estimate of drug-likeness (QED) is 0.335. The zero-order valence-electron chi connectivity index (χ0n) is 31.7. The molecule has 55 heavy (non-hydrogen) atoms. The van der Waals surface area contributed by atoms with Gasteiger partial charge in [-0.2, -0.15) is 10.2 Å². The van der Waals surface area contributed by atoms with Crippen molar-refractivity contribution in [3.8, 4) is 0 Å². The van der Waals surface area contributed by atoms with Crippen molar-refractivity contribution in [1.29, 1.82) is 0 Å². The van der Waals surface area contributed by atoms with Crippen LogP contribution in [0.5, 0.6) is 0 Å². The number of hydrogen-bond acceptors (Lipinski definition) is 10. The van der Waals surface area contributed by atoms with E-state index in [1.807, 2.05) is 18.0 Å².